The molecule has 0 aliphatic rings. The predicted octanol–water partition coefficient (Wildman–Crippen LogP) is 3.71. The largest absolute Gasteiger partial charge is 0.353 e. The summed E-state index contributed by atoms with van der Waals surface area (Å²) in [5.41, 5.74) is 4.69. The number of pyridine rings is 1. The highest BCUT2D eigenvalue weighted by molar-refractivity contribution is 7.12. The van der Waals surface area contributed by atoms with Gasteiger partial charge >= 0.3 is 0 Å². The number of nitrogens with zero attached hydrogens (tertiary/aromatic N) is 2. The first-order valence-electron chi connectivity index (χ1n) is 7.47. The Balaban J connectivity index is 1.82. The fraction of sp³-hybridized carbons (Fsp3) is 0.0556. The van der Waals surface area contributed by atoms with Crippen LogP contribution in [-0.2, 0) is 0 Å². The van der Waals surface area contributed by atoms with Gasteiger partial charge in [0.2, 0.25) is 0 Å². The van der Waals surface area contributed by atoms with Gasteiger partial charge < -0.3 is 10.3 Å². The van der Waals surface area contributed by atoms with Crippen LogP contribution in [0.15, 0.2) is 54.2 Å². The summed E-state index contributed by atoms with van der Waals surface area (Å²) in [5, 5.41) is 5.93. The van der Waals surface area contributed by atoms with Crippen molar-refractivity contribution in [3.05, 3.63) is 59.2 Å². The van der Waals surface area contributed by atoms with Crippen LogP contribution in [0.2, 0.25) is 0 Å². The second kappa shape index (κ2) is 5.90. The van der Waals surface area contributed by atoms with Crippen LogP contribution in [0.4, 0.5) is 0 Å². The highest BCUT2D eigenvalue weighted by Gasteiger charge is 2.14. The standard InChI is InChI=1S/C18H14N4OS/c1-19-17(23)18-22-15(10-24-18)14-9-21-16-13(14)7-12(8-20-16)11-5-3-2-4-6-11/h2-10H,1H3,(H,19,23)(H,20,21). The van der Waals surface area contributed by atoms with Crippen molar-refractivity contribution in [3.8, 4) is 22.4 Å². The lowest BCUT2D eigenvalue weighted by atomic mass is 10.1. The van der Waals surface area contributed by atoms with Crippen molar-refractivity contribution < 1.29 is 4.79 Å². The number of aromatic amines is 1. The second-order valence-electron chi connectivity index (χ2n) is 5.31. The van der Waals surface area contributed by atoms with E-state index >= 15 is 0 Å². The molecule has 118 valence electrons. The van der Waals surface area contributed by atoms with E-state index in [9.17, 15) is 4.79 Å². The van der Waals surface area contributed by atoms with E-state index in [-0.39, 0.29) is 5.91 Å². The number of fused-ring (bicyclic) bond motifs is 1. The van der Waals surface area contributed by atoms with Crippen molar-refractivity contribution in [2.24, 2.45) is 0 Å². The van der Waals surface area contributed by atoms with E-state index in [1.165, 1.54) is 11.3 Å². The molecule has 0 radical (unpaired) electrons. The van der Waals surface area contributed by atoms with Crippen LogP contribution in [0, 0.1) is 0 Å². The van der Waals surface area contributed by atoms with Gasteiger partial charge in [-0.05, 0) is 11.6 Å². The third-order valence-electron chi connectivity index (χ3n) is 3.84. The monoisotopic (exact) mass is 334 g/mol. The molecule has 0 aliphatic carbocycles. The quantitative estimate of drug-likeness (QED) is 0.600. The summed E-state index contributed by atoms with van der Waals surface area (Å²) in [6.45, 7) is 0. The first-order chi connectivity index (χ1) is 11.8. The Morgan fingerprint density at radius 2 is 2.04 bits per heavy atom. The molecule has 1 aromatic carbocycles. The normalized spacial score (nSPS) is 10.9. The molecule has 0 saturated heterocycles. The molecule has 1 amide bonds. The van der Waals surface area contributed by atoms with Crippen LogP contribution in [-0.4, -0.2) is 27.9 Å². The molecular weight excluding hydrogens is 320 g/mol. The van der Waals surface area contributed by atoms with Crippen molar-refractivity contribution in [1.29, 1.82) is 0 Å². The molecule has 5 nitrogen and oxygen atoms in total. The number of thiazole rings is 1. The summed E-state index contributed by atoms with van der Waals surface area (Å²) in [4.78, 5) is 23.8. The van der Waals surface area contributed by atoms with Crippen LogP contribution in [0.1, 0.15) is 9.80 Å². The van der Waals surface area contributed by atoms with Gasteiger partial charge in [0.05, 0.1) is 5.69 Å². The maximum Gasteiger partial charge on any atom is 0.280 e. The third kappa shape index (κ3) is 2.47. The maximum atomic E-state index is 11.7. The predicted molar refractivity (Wildman–Crippen MR) is 96.0 cm³/mol. The Morgan fingerprint density at radius 3 is 2.83 bits per heavy atom. The Hall–Kier alpha value is -2.99. The van der Waals surface area contributed by atoms with Gasteiger partial charge in [-0.15, -0.1) is 11.3 Å². The number of rotatable bonds is 3. The van der Waals surface area contributed by atoms with E-state index in [0.717, 1.165) is 33.4 Å². The SMILES string of the molecule is CNC(=O)c1nc(-c2c[nH]c3ncc(-c4ccccc4)cc23)cs1. The summed E-state index contributed by atoms with van der Waals surface area (Å²) >= 11 is 1.33. The number of carbonyl (C=O) groups excluding carboxylic acids is 1. The first-order valence-corrected chi connectivity index (χ1v) is 8.35. The summed E-state index contributed by atoms with van der Waals surface area (Å²) in [6.07, 6.45) is 3.74. The van der Waals surface area contributed by atoms with Crippen LogP contribution in [0.5, 0.6) is 0 Å². The zero-order chi connectivity index (χ0) is 16.5. The van der Waals surface area contributed by atoms with Crippen molar-refractivity contribution in [2.75, 3.05) is 7.05 Å². The molecule has 0 saturated carbocycles. The second-order valence-corrected chi connectivity index (χ2v) is 6.16. The molecule has 2 N–H and O–H groups in total. The Labute approximate surface area is 142 Å². The lowest BCUT2D eigenvalue weighted by Crippen LogP contribution is -2.17. The Kier molecular flexibility index (Phi) is 3.59. The molecular formula is C18H14N4OS. The van der Waals surface area contributed by atoms with E-state index in [2.05, 4.69) is 38.5 Å². The van der Waals surface area contributed by atoms with E-state index in [0.29, 0.717) is 5.01 Å². The van der Waals surface area contributed by atoms with Gasteiger partial charge in [-0.25, -0.2) is 9.97 Å². The number of carbonyl (C=O) groups is 1. The van der Waals surface area contributed by atoms with Gasteiger partial charge in [0.25, 0.3) is 5.91 Å². The van der Waals surface area contributed by atoms with Crippen LogP contribution >= 0.6 is 11.3 Å². The molecule has 0 bridgehead atoms. The summed E-state index contributed by atoms with van der Waals surface area (Å²) in [7, 11) is 1.60. The Morgan fingerprint density at radius 1 is 1.21 bits per heavy atom. The fourth-order valence-electron chi connectivity index (χ4n) is 2.61. The topological polar surface area (TPSA) is 70.7 Å². The number of aromatic nitrogens is 3. The Bertz CT molecular complexity index is 1020. The van der Waals surface area contributed by atoms with Gasteiger partial charge in [-0.3, -0.25) is 4.79 Å². The molecule has 3 aromatic heterocycles. The lowest BCUT2D eigenvalue weighted by Gasteiger charge is -2.02. The van der Waals surface area contributed by atoms with Crippen molar-refractivity contribution >= 4 is 28.3 Å². The molecule has 4 rings (SSSR count). The molecule has 0 fully saturated rings. The van der Waals surface area contributed by atoms with Crippen molar-refractivity contribution in [3.63, 3.8) is 0 Å². The fourth-order valence-corrected chi connectivity index (χ4v) is 3.38. The average Bonchev–Trinajstić information content (AvgIpc) is 3.28. The van der Waals surface area contributed by atoms with Gasteiger partial charge in [0.1, 0.15) is 5.65 Å². The minimum Gasteiger partial charge on any atom is -0.353 e. The molecule has 0 atom stereocenters. The van der Waals surface area contributed by atoms with Gasteiger partial charge in [0, 0.05) is 41.3 Å². The number of hydrogen-bond acceptors (Lipinski definition) is 4. The zero-order valence-corrected chi connectivity index (χ0v) is 13.7. The lowest BCUT2D eigenvalue weighted by molar-refractivity contribution is 0.0963. The van der Waals surface area contributed by atoms with E-state index in [1.54, 1.807) is 7.05 Å². The molecule has 0 unspecified atom stereocenters. The van der Waals surface area contributed by atoms with Gasteiger partial charge in [-0.1, -0.05) is 30.3 Å². The number of hydrogen-bond donors (Lipinski definition) is 2. The minimum absolute atomic E-state index is 0.172. The molecule has 0 aliphatic heterocycles. The van der Waals surface area contributed by atoms with Crippen LogP contribution < -0.4 is 5.32 Å². The first kappa shape index (κ1) is 14.6. The molecule has 4 aromatic rings. The van der Waals surface area contributed by atoms with E-state index in [1.807, 2.05) is 36.0 Å². The zero-order valence-electron chi connectivity index (χ0n) is 12.9. The number of H-pyrrole nitrogens is 1. The molecule has 0 spiro atoms. The average molecular weight is 334 g/mol. The summed E-state index contributed by atoms with van der Waals surface area (Å²) < 4.78 is 0. The third-order valence-corrected chi connectivity index (χ3v) is 4.68. The van der Waals surface area contributed by atoms with E-state index < -0.39 is 0 Å². The number of amides is 1. The van der Waals surface area contributed by atoms with Gasteiger partial charge in [-0.2, -0.15) is 0 Å². The highest BCUT2D eigenvalue weighted by Crippen LogP contribution is 2.31. The maximum absolute atomic E-state index is 11.7. The molecule has 24 heavy (non-hydrogen) atoms. The summed E-state index contributed by atoms with van der Waals surface area (Å²) in [6, 6.07) is 12.2. The molecule has 3 heterocycles. The summed E-state index contributed by atoms with van der Waals surface area (Å²) in [5.74, 6) is -0.172. The van der Waals surface area contributed by atoms with Crippen molar-refractivity contribution in [2.45, 2.75) is 0 Å². The number of nitrogens with one attached hydrogen (secondary N) is 2. The van der Waals surface area contributed by atoms with Crippen molar-refractivity contribution in [1.82, 2.24) is 20.3 Å². The number of benzene rings is 1. The molecule has 6 heteroatoms. The van der Waals surface area contributed by atoms with Gasteiger partial charge in [0.15, 0.2) is 5.01 Å². The minimum atomic E-state index is -0.172. The van der Waals surface area contributed by atoms with Crippen LogP contribution in [0.25, 0.3) is 33.4 Å². The van der Waals surface area contributed by atoms with Crippen LogP contribution in [0.3, 0.4) is 0 Å². The van der Waals surface area contributed by atoms with E-state index in [4.69, 9.17) is 0 Å². The highest BCUT2D eigenvalue weighted by atomic mass is 32.1. The smallest absolute Gasteiger partial charge is 0.280 e.